The maximum atomic E-state index is 10.8. The minimum atomic E-state index is -0.630. The maximum absolute atomic E-state index is 10.8. The lowest BCUT2D eigenvalue weighted by molar-refractivity contribution is -0.138. The Hall–Kier alpha value is -1.58. The summed E-state index contributed by atoms with van der Waals surface area (Å²) in [6.07, 6.45) is 11.3. The predicted molar refractivity (Wildman–Crippen MR) is 86.9 cm³/mol. The summed E-state index contributed by atoms with van der Waals surface area (Å²) in [5, 5.41) is 8.91. The Morgan fingerprint density at radius 2 is 1.64 bits per heavy atom. The number of piperidine rings is 1. The van der Waals surface area contributed by atoms with Crippen molar-refractivity contribution in [3.8, 4) is 0 Å². The largest absolute Gasteiger partial charge is 0.481 e. The van der Waals surface area contributed by atoms with E-state index in [0.29, 0.717) is 12.3 Å². The molecule has 0 atom stereocenters. The molecule has 2 heterocycles. The van der Waals surface area contributed by atoms with Gasteiger partial charge < -0.3 is 10.0 Å². The Labute approximate surface area is 132 Å². The minimum absolute atomic E-state index is 0.368. The quantitative estimate of drug-likeness (QED) is 0.923. The van der Waals surface area contributed by atoms with Crippen molar-refractivity contribution in [3.63, 3.8) is 0 Å². The zero-order valence-electron chi connectivity index (χ0n) is 13.2. The van der Waals surface area contributed by atoms with Crippen LogP contribution in [0.15, 0.2) is 24.5 Å². The van der Waals surface area contributed by atoms with E-state index in [1.165, 1.54) is 31.4 Å². The summed E-state index contributed by atoms with van der Waals surface area (Å²) < 4.78 is 0. The van der Waals surface area contributed by atoms with E-state index in [-0.39, 0.29) is 0 Å². The summed E-state index contributed by atoms with van der Waals surface area (Å²) in [5.74, 6) is 1.45. The Morgan fingerprint density at radius 3 is 2.23 bits per heavy atom. The summed E-state index contributed by atoms with van der Waals surface area (Å²) in [6, 6.07) is 4.19. The van der Waals surface area contributed by atoms with Crippen molar-refractivity contribution in [3.05, 3.63) is 24.5 Å². The van der Waals surface area contributed by atoms with Crippen LogP contribution < -0.4 is 4.90 Å². The Morgan fingerprint density at radius 1 is 1.05 bits per heavy atom. The average molecular weight is 302 g/mol. The molecule has 0 unspecified atom stereocenters. The third kappa shape index (κ3) is 3.79. The topological polar surface area (TPSA) is 53.4 Å². The van der Waals surface area contributed by atoms with Crippen molar-refractivity contribution in [1.82, 2.24) is 4.98 Å². The molecule has 4 heteroatoms. The van der Waals surface area contributed by atoms with Crippen molar-refractivity contribution in [1.29, 1.82) is 0 Å². The van der Waals surface area contributed by atoms with Gasteiger partial charge in [0.2, 0.25) is 0 Å². The van der Waals surface area contributed by atoms with E-state index in [1.54, 1.807) is 0 Å². The number of carbonyl (C=O) groups is 1. The minimum Gasteiger partial charge on any atom is -0.481 e. The Bertz CT molecular complexity index is 475. The molecule has 0 amide bonds. The fraction of sp³-hybridized carbons (Fsp3) is 0.667. The zero-order chi connectivity index (χ0) is 15.4. The zero-order valence-corrected chi connectivity index (χ0v) is 13.2. The number of rotatable bonds is 4. The number of carboxylic acids is 1. The summed E-state index contributed by atoms with van der Waals surface area (Å²) in [7, 11) is 0. The molecule has 4 nitrogen and oxygen atoms in total. The lowest BCUT2D eigenvalue weighted by Crippen LogP contribution is -2.37. The SMILES string of the molecule is O=C(O)CC1CCC(C2CCN(c3ccncc3)CC2)CC1. The van der Waals surface area contributed by atoms with Gasteiger partial charge in [-0.2, -0.15) is 0 Å². The van der Waals surface area contributed by atoms with Gasteiger partial charge in [0.1, 0.15) is 0 Å². The van der Waals surface area contributed by atoms with Gasteiger partial charge in [0.05, 0.1) is 0 Å². The Kier molecular flexibility index (Phi) is 4.96. The highest BCUT2D eigenvalue weighted by atomic mass is 16.4. The second-order valence-corrected chi connectivity index (χ2v) is 6.91. The summed E-state index contributed by atoms with van der Waals surface area (Å²) in [4.78, 5) is 17.4. The maximum Gasteiger partial charge on any atom is 0.303 e. The molecule has 0 aromatic carbocycles. The van der Waals surface area contributed by atoms with Gasteiger partial charge in [0, 0.05) is 37.6 Å². The van der Waals surface area contributed by atoms with Crippen LogP contribution in [0.2, 0.25) is 0 Å². The number of carboxylic acid groups (broad SMARTS) is 1. The number of anilines is 1. The molecule has 0 bridgehead atoms. The van der Waals surface area contributed by atoms with Gasteiger partial charge in [-0.25, -0.2) is 0 Å². The summed E-state index contributed by atoms with van der Waals surface area (Å²) in [5.41, 5.74) is 1.29. The van der Waals surface area contributed by atoms with Crippen LogP contribution in [-0.2, 0) is 4.79 Å². The van der Waals surface area contributed by atoms with Gasteiger partial charge in [-0.3, -0.25) is 9.78 Å². The number of aromatic nitrogens is 1. The number of pyridine rings is 1. The van der Waals surface area contributed by atoms with E-state index in [9.17, 15) is 4.79 Å². The summed E-state index contributed by atoms with van der Waals surface area (Å²) >= 11 is 0. The van der Waals surface area contributed by atoms with E-state index in [0.717, 1.165) is 37.8 Å². The van der Waals surface area contributed by atoms with Crippen LogP contribution in [0.3, 0.4) is 0 Å². The van der Waals surface area contributed by atoms with E-state index in [1.807, 2.05) is 12.4 Å². The smallest absolute Gasteiger partial charge is 0.303 e. The molecule has 2 aliphatic rings. The van der Waals surface area contributed by atoms with Crippen molar-refractivity contribution in [2.24, 2.45) is 17.8 Å². The molecule has 0 spiro atoms. The van der Waals surface area contributed by atoms with Gasteiger partial charge in [-0.05, 0) is 68.4 Å². The van der Waals surface area contributed by atoms with Crippen LogP contribution >= 0.6 is 0 Å². The van der Waals surface area contributed by atoms with E-state index >= 15 is 0 Å². The van der Waals surface area contributed by atoms with Gasteiger partial charge in [0.25, 0.3) is 0 Å². The lowest BCUT2D eigenvalue weighted by Gasteiger charge is -2.39. The van der Waals surface area contributed by atoms with Crippen LogP contribution in [0, 0.1) is 17.8 Å². The molecule has 0 radical (unpaired) electrons. The number of hydrogen-bond donors (Lipinski definition) is 1. The molecule has 1 aromatic rings. The van der Waals surface area contributed by atoms with E-state index in [2.05, 4.69) is 22.0 Å². The van der Waals surface area contributed by atoms with E-state index < -0.39 is 5.97 Å². The highest BCUT2D eigenvalue weighted by Crippen LogP contribution is 2.39. The van der Waals surface area contributed by atoms with E-state index in [4.69, 9.17) is 5.11 Å². The highest BCUT2D eigenvalue weighted by molar-refractivity contribution is 5.67. The van der Waals surface area contributed by atoms with Crippen LogP contribution in [0.25, 0.3) is 0 Å². The molecule has 1 saturated carbocycles. The van der Waals surface area contributed by atoms with Gasteiger partial charge >= 0.3 is 5.97 Å². The molecule has 1 aliphatic heterocycles. The van der Waals surface area contributed by atoms with Crippen molar-refractivity contribution >= 4 is 11.7 Å². The standard InChI is InChI=1S/C18H26N2O2/c21-18(22)13-14-1-3-15(4-2-14)16-7-11-20(12-8-16)17-5-9-19-10-6-17/h5-6,9-10,14-16H,1-4,7-8,11-13H2,(H,21,22). The van der Waals surface area contributed by atoms with Crippen LogP contribution in [0.5, 0.6) is 0 Å². The summed E-state index contributed by atoms with van der Waals surface area (Å²) in [6.45, 7) is 2.29. The number of aliphatic carboxylic acids is 1. The fourth-order valence-corrected chi connectivity index (χ4v) is 4.29. The third-order valence-corrected chi connectivity index (χ3v) is 5.59. The van der Waals surface area contributed by atoms with Crippen LogP contribution in [0.4, 0.5) is 5.69 Å². The number of hydrogen-bond acceptors (Lipinski definition) is 3. The number of nitrogens with zero attached hydrogens (tertiary/aromatic N) is 2. The predicted octanol–water partition coefficient (Wildman–Crippen LogP) is 3.58. The second kappa shape index (κ2) is 7.12. The molecule has 2 fully saturated rings. The first kappa shape index (κ1) is 15.3. The molecule has 1 saturated heterocycles. The lowest BCUT2D eigenvalue weighted by atomic mass is 9.72. The molecular formula is C18H26N2O2. The molecule has 1 aromatic heterocycles. The van der Waals surface area contributed by atoms with Gasteiger partial charge in [0.15, 0.2) is 0 Å². The first-order valence-electron chi connectivity index (χ1n) is 8.59. The molecular weight excluding hydrogens is 276 g/mol. The second-order valence-electron chi connectivity index (χ2n) is 6.91. The Balaban J connectivity index is 1.45. The highest BCUT2D eigenvalue weighted by Gasteiger charge is 2.30. The fourth-order valence-electron chi connectivity index (χ4n) is 4.29. The molecule has 120 valence electrons. The van der Waals surface area contributed by atoms with Crippen molar-refractivity contribution in [2.45, 2.75) is 44.9 Å². The van der Waals surface area contributed by atoms with Crippen LogP contribution in [0.1, 0.15) is 44.9 Å². The van der Waals surface area contributed by atoms with Crippen LogP contribution in [-0.4, -0.2) is 29.1 Å². The first-order valence-corrected chi connectivity index (χ1v) is 8.59. The monoisotopic (exact) mass is 302 g/mol. The first-order chi connectivity index (χ1) is 10.7. The van der Waals surface area contributed by atoms with Gasteiger partial charge in [-0.1, -0.05) is 0 Å². The third-order valence-electron chi connectivity index (χ3n) is 5.59. The molecule has 22 heavy (non-hydrogen) atoms. The molecule has 3 rings (SSSR count). The van der Waals surface area contributed by atoms with Crippen molar-refractivity contribution in [2.75, 3.05) is 18.0 Å². The molecule has 1 aliphatic carbocycles. The van der Waals surface area contributed by atoms with Gasteiger partial charge in [-0.15, -0.1) is 0 Å². The molecule has 1 N–H and O–H groups in total. The average Bonchev–Trinajstić information content (AvgIpc) is 2.56. The van der Waals surface area contributed by atoms with Crippen molar-refractivity contribution < 1.29 is 9.90 Å². The normalized spacial score (nSPS) is 26.8.